The number of aromatic amines is 1. The molecular weight excluding hydrogens is 280 g/mol. The second-order valence-electron chi connectivity index (χ2n) is 5.61. The monoisotopic (exact) mass is 302 g/mol. The average Bonchev–Trinajstić information content (AvgIpc) is 2.86. The first kappa shape index (κ1) is 16.1. The lowest BCUT2D eigenvalue weighted by molar-refractivity contribution is -0.142. The summed E-state index contributed by atoms with van der Waals surface area (Å²) in [6, 6.07) is 5.37. The lowest BCUT2D eigenvalue weighted by Crippen LogP contribution is -2.40. The summed E-state index contributed by atoms with van der Waals surface area (Å²) in [5, 5.41) is 12.8. The van der Waals surface area contributed by atoms with Crippen molar-refractivity contribution < 1.29 is 14.7 Å². The van der Waals surface area contributed by atoms with Crippen LogP contribution in [0.15, 0.2) is 24.4 Å². The Kier molecular flexibility index (Phi) is 5.20. The SMILES string of the molecule is CCCC(NC(=O)CCc1c[nH]c2ccc(C)cc12)C(=O)O. The van der Waals surface area contributed by atoms with Crippen LogP contribution < -0.4 is 5.32 Å². The van der Waals surface area contributed by atoms with Gasteiger partial charge in [-0.2, -0.15) is 0 Å². The number of rotatable bonds is 7. The highest BCUT2D eigenvalue weighted by molar-refractivity contribution is 5.86. The van der Waals surface area contributed by atoms with Gasteiger partial charge in [0.15, 0.2) is 0 Å². The molecule has 0 fully saturated rings. The number of H-pyrrole nitrogens is 1. The summed E-state index contributed by atoms with van der Waals surface area (Å²) >= 11 is 0. The number of hydrogen-bond donors (Lipinski definition) is 3. The number of hydrogen-bond acceptors (Lipinski definition) is 2. The number of aliphatic carboxylic acids is 1. The van der Waals surface area contributed by atoms with Crippen molar-refractivity contribution in [2.24, 2.45) is 0 Å². The Hall–Kier alpha value is -2.30. The minimum Gasteiger partial charge on any atom is -0.480 e. The number of carboxylic acids is 1. The van der Waals surface area contributed by atoms with Crippen molar-refractivity contribution in [3.8, 4) is 0 Å². The Balaban J connectivity index is 1.97. The van der Waals surface area contributed by atoms with Crippen LogP contribution in [0.4, 0.5) is 0 Å². The third-order valence-electron chi connectivity index (χ3n) is 3.75. The molecule has 1 aromatic carbocycles. The van der Waals surface area contributed by atoms with Crippen LogP contribution in [0, 0.1) is 6.92 Å². The first-order chi connectivity index (χ1) is 10.5. The minimum absolute atomic E-state index is 0.220. The molecule has 5 nitrogen and oxygen atoms in total. The van der Waals surface area contributed by atoms with Gasteiger partial charge in [0.1, 0.15) is 6.04 Å². The molecule has 0 aliphatic rings. The summed E-state index contributed by atoms with van der Waals surface area (Å²) in [6.07, 6.45) is 3.96. The number of benzene rings is 1. The largest absolute Gasteiger partial charge is 0.480 e. The molecule has 0 saturated carbocycles. The zero-order valence-corrected chi connectivity index (χ0v) is 13.0. The normalized spacial score (nSPS) is 12.3. The minimum atomic E-state index is -0.974. The van der Waals surface area contributed by atoms with E-state index in [1.807, 2.05) is 32.2 Å². The molecule has 0 saturated heterocycles. The van der Waals surface area contributed by atoms with Crippen molar-refractivity contribution in [1.29, 1.82) is 0 Å². The van der Waals surface area contributed by atoms with Crippen LogP contribution in [0.5, 0.6) is 0 Å². The van der Waals surface area contributed by atoms with Gasteiger partial charge < -0.3 is 15.4 Å². The molecule has 1 atom stereocenters. The molecule has 5 heteroatoms. The molecule has 2 aromatic rings. The average molecular weight is 302 g/mol. The molecule has 0 spiro atoms. The zero-order chi connectivity index (χ0) is 16.1. The number of aryl methyl sites for hydroxylation is 2. The van der Waals surface area contributed by atoms with Crippen molar-refractivity contribution in [3.63, 3.8) is 0 Å². The van der Waals surface area contributed by atoms with Gasteiger partial charge in [-0.25, -0.2) is 4.79 Å². The first-order valence-electron chi connectivity index (χ1n) is 7.60. The molecule has 1 amide bonds. The maximum Gasteiger partial charge on any atom is 0.326 e. The third kappa shape index (κ3) is 3.87. The molecule has 22 heavy (non-hydrogen) atoms. The van der Waals surface area contributed by atoms with Gasteiger partial charge >= 0.3 is 5.97 Å². The molecule has 0 bridgehead atoms. The summed E-state index contributed by atoms with van der Waals surface area (Å²) in [4.78, 5) is 26.2. The number of carboxylic acid groups (broad SMARTS) is 1. The summed E-state index contributed by atoms with van der Waals surface area (Å²) < 4.78 is 0. The Morgan fingerprint density at radius 1 is 1.36 bits per heavy atom. The molecular formula is C17H22N2O3. The van der Waals surface area contributed by atoms with E-state index in [0.717, 1.165) is 22.9 Å². The van der Waals surface area contributed by atoms with E-state index in [2.05, 4.69) is 16.4 Å². The number of fused-ring (bicyclic) bond motifs is 1. The summed E-state index contributed by atoms with van der Waals surface area (Å²) in [5.41, 5.74) is 3.30. The highest BCUT2D eigenvalue weighted by Crippen LogP contribution is 2.20. The number of amides is 1. The van der Waals surface area contributed by atoms with E-state index in [1.54, 1.807) is 0 Å². The fraction of sp³-hybridized carbons (Fsp3) is 0.412. The zero-order valence-electron chi connectivity index (χ0n) is 13.0. The predicted octanol–water partition coefficient (Wildman–Crippen LogP) is 2.78. The van der Waals surface area contributed by atoms with E-state index < -0.39 is 12.0 Å². The smallest absolute Gasteiger partial charge is 0.326 e. The van der Waals surface area contributed by atoms with Crippen LogP contribution in [0.3, 0.4) is 0 Å². The van der Waals surface area contributed by atoms with Gasteiger partial charge in [-0.15, -0.1) is 0 Å². The highest BCUT2D eigenvalue weighted by atomic mass is 16.4. The van der Waals surface area contributed by atoms with E-state index in [9.17, 15) is 9.59 Å². The Labute approximate surface area is 129 Å². The van der Waals surface area contributed by atoms with Crippen molar-refractivity contribution in [1.82, 2.24) is 10.3 Å². The van der Waals surface area contributed by atoms with E-state index in [-0.39, 0.29) is 12.3 Å². The number of aromatic nitrogens is 1. The Morgan fingerprint density at radius 2 is 2.14 bits per heavy atom. The molecule has 0 aliphatic heterocycles. The predicted molar refractivity (Wildman–Crippen MR) is 85.8 cm³/mol. The second-order valence-corrected chi connectivity index (χ2v) is 5.61. The van der Waals surface area contributed by atoms with Gasteiger partial charge in [0, 0.05) is 23.5 Å². The summed E-state index contributed by atoms with van der Waals surface area (Å²) in [6.45, 7) is 3.93. The number of carbonyl (C=O) groups is 2. The van der Waals surface area contributed by atoms with Crippen LogP contribution in [-0.4, -0.2) is 28.0 Å². The quantitative estimate of drug-likeness (QED) is 0.735. The fourth-order valence-electron chi connectivity index (χ4n) is 2.56. The van der Waals surface area contributed by atoms with E-state index in [1.165, 1.54) is 5.56 Å². The molecule has 1 heterocycles. The maximum absolute atomic E-state index is 11.9. The summed E-state index contributed by atoms with van der Waals surface area (Å²) in [7, 11) is 0. The van der Waals surface area contributed by atoms with Crippen molar-refractivity contribution in [3.05, 3.63) is 35.5 Å². The maximum atomic E-state index is 11.9. The molecule has 0 radical (unpaired) electrons. The van der Waals surface area contributed by atoms with Crippen molar-refractivity contribution in [2.75, 3.05) is 0 Å². The Morgan fingerprint density at radius 3 is 2.82 bits per heavy atom. The van der Waals surface area contributed by atoms with Gasteiger partial charge in [-0.3, -0.25) is 4.79 Å². The van der Waals surface area contributed by atoms with Gasteiger partial charge in [-0.1, -0.05) is 25.0 Å². The molecule has 2 rings (SSSR count). The molecule has 1 aromatic heterocycles. The van der Waals surface area contributed by atoms with Gasteiger partial charge in [0.05, 0.1) is 0 Å². The Bertz CT molecular complexity index is 676. The van der Waals surface area contributed by atoms with E-state index in [4.69, 9.17) is 5.11 Å². The standard InChI is InChI=1S/C17H22N2O3/c1-3-4-15(17(21)22)19-16(20)8-6-12-10-18-14-7-5-11(2)9-13(12)14/h5,7,9-10,15,18H,3-4,6,8H2,1-2H3,(H,19,20)(H,21,22). The highest BCUT2D eigenvalue weighted by Gasteiger charge is 2.18. The lowest BCUT2D eigenvalue weighted by atomic mass is 10.1. The van der Waals surface area contributed by atoms with Gasteiger partial charge in [0.2, 0.25) is 5.91 Å². The van der Waals surface area contributed by atoms with Gasteiger partial charge in [-0.05, 0) is 37.5 Å². The van der Waals surface area contributed by atoms with Crippen LogP contribution in [-0.2, 0) is 16.0 Å². The molecule has 3 N–H and O–H groups in total. The van der Waals surface area contributed by atoms with Gasteiger partial charge in [0.25, 0.3) is 0 Å². The topological polar surface area (TPSA) is 82.2 Å². The number of carbonyl (C=O) groups excluding carboxylic acids is 1. The fourth-order valence-corrected chi connectivity index (χ4v) is 2.56. The second kappa shape index (κ2) is 7.11. The van der Waals surface area contributed by atoms with E-state index in [0.29, 0.717) is 12.8 Å². The van der Waals surface area contributed by atoms with Crippen LogP contribution in [0.1, 0.15) is 37.3 Å². The van der Waals surface area contributed by atoms with Crippen molar-refractivity contribution in [2.45, 2.75) is 45.6 Å². The third-order valence-corrected chi connectivity index (χ3v) is 3.75. The van der Waals surface area contributed by atoms with Crippen LogP contribution in [0.25, 0.3) is 10.9 Å². The van der Waals surface area contributed by atoms with E-state index >= 15 is 0 Å². The van der Waals surface area contributed by atoms with Crippen LogP contribution >= 0.6 is 0 Å². The molecule has 0 aliphatic carbocycles. The lowest BCUT2D eigenvalue weighted by Gasteiger charge is -2.13. The van der Waals surface area contributed by atoms with Crippen molar-refractivity contribution >= 4 is 22.8 Å². The molecule has 118 valence electrons. The summed E-state index contributed by atoms with van der Waals surface area (Å²) in [5.74, 6) is -1.19. The van der Waals surface area contributed by atoms with Crippen LogP contribution in [0.2, 0.25) is 0 Å². The first-order valence-corrected chi connectivity index (χ1v) is 7.60. The number of nitrogens with one attached hydrogen (secondary N) is 2. The molecule has 1 unspecified atom stereocenters.